The van der Waals surface area contributed by atoms with E-state index in [0.29, 0.717) is 25.6 Å². The van der Waals surface area contributed by atoms with Gasteiger partial charge in [-0.15, -0.1) is 0 Å². The lowest BCUT2D eigenvalue weighted by atomic mass is 10.1. The second kappa shape index (κ2) is 7.59. The smallest absolute Gasteiger partial charge is 0.321 e. The van der Waals surface area contributed by atoms with Gasteiger partial charge in [0.05, 0.1) is 18.2 Å². The minimum atomic E-state index is -0.426. The van der Waals surface area contributed by atoms with Crippen LogP contribution in [0.15, 0.2) is 0 Å². The summed E-state index contributed by atoms with van der Waals surface area (Å²) < 4.78 is 5.64. The Balaban J connectivity index is 2.43. The molecule has 1 aliphatic rings. The minimum absolute atomic E-state index is 0.101. The zero-order valence-corrected chi connectivity index (χ0v) is 13.1. The first kappa shape index (κ1) is 16.9. The summed E-state index contributed by atoms with van der Waals surface area (Å²) in [5, 5.41) is 5.06. The molecule has 0 aromatic heterocycles. The molecule has 6 nitrogen and oxygen atoms in total. The van der Waals surface area contributed by atoms with Crippen molar-refractivity contribution >= 4 is 11.9 Å². The van der Waals surface area contributed by atoms with Crippen LogP contribution >= 0.6 is 0 Å². The van der Waals surface area contributed by atoms with Gasteiger partial charge in [-0.05, 0) is 26.7 Å². The van der Waals surface area contributed by atoms with Crippen molar-refractivity contribution in [3.8, 4) is 0 Å². The number of hydrogen-bond acceptors (Lipinski definition) is 4. The summed E-state index contributed by atoms with van der Waals surface area (Å²) in [6, 6.07) is -0.765. The Morgan fingerprint density at radius 3 is 2.25 bits per heavy atom. The van der Waals surface area contributed by atoms with E-state index in [4.69, 9.17) is 4.74 Å². The molecule has 3 unspecified atom stereocenters. The van der Waals surface area contributed by atoms with Crippen LogP contribution in [-0.2, 0) is 9.53 Å². The van der Waals surface area contributed by atoms with Crippen molar-refractivity contribution in [2.75, 3.05) is 19.6 Å². The van der Waals surface area contributed by atoms with Gasteiger partial charge in [0.25, 0.3) is 0 Å². The maximum absolute atomic E-state index is 12.1. The van der Waals surface area contributed by atoms with E-state index in [1.54, 1.807) is 0 Å². The molecule has 1 fully saturated rings. The van der Waals surface area contributed by atoms with E-state index in [1.807, 2.05) is 39.5 Å². The molecule has 20 heavy (non-hydrogen) atoms. The van der Waals surface area contributed by atoms with E-state index in [-0.39, 0.29) is 24.2 Å². The van der Waals surface area contributed by atoms with Gasteiger partial charge in [-0.3, -0.25) is 15.0 Å². The number of carbonyl (C=O) groups excluding carboxylic acids is 2. The van der Waals surface area contributed by atoms with E-state index in [0.717, 1.165) is 0 Å². The number of morpholine rings is 1. The van der Waals surface area contributed by atoms with Crippen LogP contribution in [0.2, 0.25) is 0 Å². The molecule has 0 aromatic carbocycles. The first-order chi connectivity index (χ1) is 9.29. The van der Waals surface area contributed by atoms with Gasteiger partial charge in [-0.2, -0.15) is 0 Å². The summed E-state index contributed by atoms with van der Waals surface area (Å²) >= 11 is 0. The van der Waals surface area contributed by atoms with E-state index in [1.165, 1.54) is 0 Å². The van der Waals surface area contributed by atoms with Gasteiger partial charge >= 0.3 is 6.03 Å². The minimum Gasteiger partial charge on any atom is -0.373 e. The number of amides is 3. The topological polar surface area (TPSA) is 70.7 Å². The number of carbonyl (C=O) groups is 2. The molecule has 116 valence electrons. The third kappa shape index (κ3) is 5.46. The van der Waals surface area contributed by atoms with Gasteiger partial charge in [-0.25, -0.2) is 4.79 Å². The van der Waals surface area contributed by atoms with Gasteiger partial charge in [0.15, 0.2) is 0 Å². The van der Waals surface area contributed by atoms with Crippen LogP contribution in [0.1, 0.15) is 34.6 Å². The van der Waals surface area contributed by atoms with Crippen LogP contribution in [0.3, 0.4) is 0 Å². The maximum Gasteiger partial charge on any atom is 0.321 e. The molecule has 1 heterocycles. The molecule has 0 spiro atoms. The molecule has 2 N–H and O–H groups in total. The number of nitrogens with one attached hydrogen (secondary N) is 2. The van der Waals surface area contributed by atoms with Crippen molar-refractivity contribution in [1.82, 2.24) is 15.5 Å². The normalized spacial score (nSPS) is 25.3. The Morgan fingerprint density at radius 1 is 1.20 bits per heavy atom. The van der Waals surface area contributed by atoms with Crippen LogP contribution in [0.25, 0.3) is 0 Å². The quantitative estimate of drug-likeness (QED) is 0.807. The SMILES string of the molecule is CC(C)CNC(=O)NC(=O)C(C)N1CC(C)OC(C)C1. The highest BCUT2D eigenvalue weighted by atomic mass is 16.5. The number of nitrogens with zero attached hydrogens (tertiary/aromatic N) is 1. The lowest BCUT2D eigenvalue weighted by Crippen LogP contribution is -2.55. The third-order valence-electron chi connectivity index (χ3n) is 3.28. The molecule has 0 radical (unpaired) electrons. The van der Waals surface area contributed by atoms with Crippen LogP contribution < -0.4 is 10.6 Å². The van der Waals surface area contributed by atoms with E-state index < -0.39 is 6.03 Å². The first-order valence-electron chi connectivity index (χ1n) is 7.27. The molecule has 1 saturated heterocycles. The van der Waals surface area contributed by atoms with Crippen molar-refractivity contribution < 1.29 is 14.3 Å². The highest BCUT2D eigenvalue weighted by Gasteiger charge is 2.29. The lowest BCUT2D eigenvalue weighted by molar-refractivity contribution is -0.130. The van der Waals surface area contributed by atoms with Gasteiger partial charge in [0.2, 0.25) is 5.91 Å². The number of hydrogen-bond donors (Lipinski definition) is 2. The second-order valence-corrected chi connectivity index (χ2v) is 5.98. The van der Waals surface area contributed by atoms with Crippen LogP contribution in [0, 0.1) is 5.92 Å². The Bertz CT molecular complexity index is 337. The van der Waals surface area contributed by atoms with Gasteiger partial charge in [-0.1, -0.05) is 13.8 Å². The van der Waals surface area contributed by atoms with E-state index in [9.17, 15) is 9.59 Å². The van der Waals surface area contributed by atoms with E-state index >= 15 is 0 Å². The third-order valence-corrected chi connectivity index (χ3v) is 3.28. The Kier molecular flexibility index (Phi) is 6.42. The van der Waals surface area contributed by atoms with Crippen LogP contribution in [0.5, 0.6) is 0 Å². The summed E-state index contributed by atoms with van der Waals surface area (Å²) in [7, 11) is 0. The Labute approximate surface area is 121 Å². The standard InChI is InChI=1S/C14H27N3O3/c1-9(2)6-15-14(19)16-13(18)12(5)17-7-10(3)20-11(4)8-17/h9-12H,6-8H2,1-5H3,(H2,15,16,18,19). The largest absolute Gasteiger partial charge is 0.373 e. The average molecular weight is 285 g/mol. The summed E-state index contributed by atoms with van der Waals surface area (Å²) in [5.41, 5.74) is 0. The fourth-order valence-electron chi connectivity index (χ4n) is 2.26. The molecular weight excluding hydrogens is 258 g/mol. The van der Waals surface area contributed by atoms with Crippen LogP contribution in [-0.4, -0.2) is 54.7 Å². The molecule has 3 atom stereocenters. The zero-order chi connectivity index (χ0) is 15.3. The number of rotatable bonds is 4. The van der Waals surface area contributed by atoms with Crippen molar-refractivity contribution in [2.24, 2.45) is 5.92 Å². The van der Waals surface area contributed by atoms with Crippen molar-refractivity contribution in [3.05, 3.63) is 0 Å². The molecule has 0 saturated carbocycles. The Morgan fingerprint density at radius 2 is 1.75 bits per heavy atom. The summed E-state index contributed by atoms with van der Waals surface area (Å²) in [5.74, 6) is 0.0850. The molecule has 0 aromatic rings. The highest BCUT2D eigenvalue weighted by Crippen LogP contribution is 2.13. The Hall–Kier alpha value is -1.14. The zero-order valence-electron chi connectivity index (χ0n) is 13.1. The molecule has 0 aliphatic carbocycles. The lowest BCUT2D eigenvalue weighted by Gasteiger charge is -2.38. The fourth-order valence-corrected chi connectivity index (χ4v) is 2.26. The van der Waals surface area contributed by atoms with E-state index in [2.05, 4.69) is 10.6 Å². The number of urea groups is 1. The summed E-state index contributed by atoms with van der Waals surface area (Å²) in [6.07, 6.45) is 0.201. The molecule has 0 bridgehead atoms. The molecule has 6 heteroatoms. The monoisotopic (exact) mass is 285 g/mol. The highest BCUT2D eigenvalue weighted by molar-refractivity contribution is 5.96. The number of imide groups is 1. The van der Waals surface area contributed by atoms with Gasteiger partial charge in [0.1, 0.15) is 0 Å². The van der Waals surface area contributed by atoms with Gasteiger partial charge in [0, 0.05) is 19.6 Å². The molecule has 3 amide bonds. The number of ether oxygens (including phenoxy) is 1. The van der Waals surface area contributed by atoms with Gasteiger partial charge < -0.3 is 10.1 Å². The maximum atomic E-state index is 12.1. The molecule has 1 aliphatic heterocycles. The fraction of sp³-hybridized carbons (Fsp3) is 0.857. The van der Waals surface area contributed by atoms with Crippen molar-refractivity contribution in [1.29, 1.82) is 0 Å². The second-order valence-electron chi connectivity index (χ2n) is 5.98. The summed E-state index contributed by atoms with van der Waals surface area (Å²) in [6.45, 7) is 11.8. The average Bonchev–Trinajstić information content (AvgIpc) is 2.34. The van der Waals surface area contributed by atoms with Crippen molar-refractivity contribution in [3.63, 3.8) is 0 Å². The van der Waals surface area contributed by atoms with Crippen LogP contribution in [0.4, 0.5) is 4.79 Å². The summed E-state index contributed by atoms with van der Waals surface area (Å²) in [4.78, 5) is 25.7. The predicted octanol–water partition coefficient (Wildman–Crippen LogP) is 0.966. The molecule has 1 rings (SSSR count). The molecular formula is C14H27N3O3. The predicted molar refractivity (Wildman–Crippen MR) is 77.4 cm³/mol. The van der Waals surface area contributed by atoms with Crippen molar-refractivity contribution in [2.45, 2.75) is 52.9 Å². The first-order valence-corrected chi connectivity index (χ1v) is 7.27.